The fraction of sp³-hybridized carbons (Fsp3) is 0.500. The van der Waals surface area contributed by atoms with Crippen molar-refractivity contribution in [2.45, 2.75) is 52.0 Å². The molecule has 0 atom stereocenters. The smallest absolute Gasteiger partial charge is 0.358 e. The van der Waals surface area contributed by atoms with Crippen molar-refractivity contribution in [3.63, 3.8) is 0 Å². The molecule has 6 nitrogen and oxygen atoms in total. The number of rotatable bonds is 4. The standard InChI is InChI=1S/C22H28FN3O3/c1-5-29-21(28)18-14-19(22(2,3)4)26(24-18)17-9-11-25(12-10-17)20(27)15-7-6-8-16(23)13-15/h6-8,13-14,17H,5,9-12H2,1-4H3. The van der Waals surface area contributed by atoms with Crippen LogP contribution in [0.4, 0.5) is 4.39 Å². The fourth-order valence-corrected chi connectivity index (χ4v) is 3.66. The van der Waals surface area contributed by atoms with E-state index >= 15 is 0 Å². The number of ether oxygens (including phenoxy) is 1. The van der Waals surface area contributed by atoms with E-state index in [1.807, 2.05) is 10.7 Å². The van der Waals surface area contributed by atoms with Crippen LogP contribution in [0, 0.1) is 5.82 Å². The summed E-state index contributed by atoms with van der Waals surface area (Å²) in [5.74, 6) is -0.995. The molecule has 1 aromatic carbocycles. The second kappa shape index (κ2) is 8.35. The molecule has 1 aliphatic rings. The van der Waals surface area contributed by atoms with Crippen molar-refractivity contribution in [3.8, 4) is 0 Å². The van der Waals surface area contributed by atoms with Gasteiger partial charge in [0.2, 0.25) is 0 Å². The third kappa shape index (κ3) is 4.66. The Morgan fingerprint density at radius 3 is 2.48 bits per heavy atom. The SMILES string of the molecule is CCOC(=O)c1cc(C(C)(C)C)n(C2CCN(C(=O)c3cccc(F)c3)CC2)n1. The number of hydrogen-bond acceptors (Lipinski definition) is 4. The van der Waals surface area contributed by atoms with E-state index in [1.165, 1.54) is 12.1 Å². The molecule has 0 saturated carbocycles. The van der Waals surface area contributed by atoms with Crippen LogP contribution in [-0.4, -0.2) is 46.3 Å². The Hall–Kier alpha value is -2.70. The number of aromatic nitrogens is 2. The lowest BCUT2D eigenvalue weighted by Gasteiger charge is -2.34. The molecule has 3 rings (SSSR count). The molecule has 1 aromatic heterocycles. The average Bonchev–Trinajstić information content (AvgIpc) is 3.14. The number of hydrogen-bond donors (Lipinski definition) is 0. The normalized spacial score (nSPS) is 15.4. The number of halogens is 1. The Morgan fingerprint density at radius 2 is 1.90 bits per heavy atom. The van der Waals surface area contributed by atoms with Crippen LogP contribution >= 0.6 is 0 Å². The molecule has 7 heteroatoms. The number of esters is 1. The van der Waals surface area contributed by atoms with E-state index in [4.69, 9.17) is 4.74 Å². The molecule has 0 radical (unpaired) electrons. The molecule has 156 valence electrons. The second-order valence-corrected chi connectivity index (χ2v) is 8.36. The van der Waals surface area contributed by atoms with E-state index < -0.39 is 11.8 Å². The van der Waals surface area contributed by atoms with Crippen LogP contribution in [0.15, 0.2) is 30.3 Å². The van der Waals surface area contributed by atoms with Gasteiger partial charge in [0.25, 0.3) is 5.91 Å². The summed E-state index contributed by atoms with van der Waals surface area (Å²) in [6.07, 6.45) is 1.43. The monoisotopic (exact) mass is 401 g/mol. The van der Waals surface area contributed by atoms with E-state index in [2.05, 4.69) is 25.9 Å². The predicted octanol–water partition coefficient (Wildman–Crippen LogP) is 3.97. The molecule has 0 bridgehead atoms. The van der Waals surface area contributed by atoms with Crippen LogP contribution in [0.1, 0.15) is 73.1 Å². The Bertz CT molecular complexity index is 893. The third-order valence-electron chi connectivity index (χ3n) is 5.16. The average molecular weight is 401 g/mol. The van der Waals surface area contributed by atoms with Crippen molar-refractivity contribution >= 4 is 11.9 Å². The Morgan fingerprint density at radius 1 is 1.21 bits per heavy atom. The van der Waals surface area contributed by atoms with Crippen LogP contribution < -0.4 is 0 Å². The number of piperidine rings is 1. The number of amides is 1. The van der Waals surface area contributed by atoms with E-state index in [0.29, 0.717) is 43.8 Å². The highest BCUT2D eigenvalue weighted by atomic mass is 19.1. The zero-order chi connectivity index (χ0) is 21.2. The number of benzene rings is 1. The predicted molar refractivity (Wildman–Crippen MR) is 107 cm³/mol. The van der Waals surface area contributed by atoms with Crippen LogP contribution in [0.2, 0.25) is 0 Å². The first-order valence-electron chi connectivity index (χ1n) is 10.0. The highest BCUT2D eigenvalue weighted by molar-refractivity contribution is 5.94. The van der Waals surface area contributed by atoms with Crippen molar-refractivity contribution in [1.82, 2.24) is 14.7 Å². The van der Waals surface area contributed by atoms with Gasteiger partial charge in [-0.1, -0.05) is 26.8 Å². The minimum atomic E-state index is -0.421. The summed E-state index contributed by atoms with van der Waals surface area (Å²) in [5.41, 5.74) is 1.46. The lowest BCUT2D eigenvalue weighted by molar-refractivity contribution is 0.0517. The topological polar surface area (TPSA) is 64.4 Å². The van der Waals surface area contributed by atoms with Gasteiger partial charge in [0, 0.05) is 29.8 Å². The van der Waals surface area contributed by atoms with E-state index in [9.17, 15) is 14.0 Å². The second-order valence-electron chi connectivity index (χ2n) is 8.36. The first kappa shape index (κ1) is 21.0. The molecule has 0 aliphatic carbocycles. The molecule has 1 amide bonds. The zero-order valence-corrected chi connectivity index (χ0v) is 17.4. The maximum absolute atomic E-state index is 13.4. The van der Waals surface area contributed by atoms with Gasteiger partial charge in [0.15, 0.2) is 5.69 Å². The van der Waals surface area contributed by atoms with Crippen molar-refractivity contribution in [3.05, 3.63) is 53.1 Å². The Kier molecular flexibility index (Phi) is 6.05. The summed E-state index contributed by atoms with van der Waals surface area (Å²) < 4.78 is 20.5. The molecule has 1 saturated heterocycles. The quantitative estimate of drug-likeness (QED) is 0.727. The first-order chi connectivity index (χ1) is 13.7. The molecule has 0 N–H and O–H groups in total. The number of likely N-dealkylation sites (tertiary alicyclic amines) is 1. The summed E-state index contributed by atoms with van der Waals surface area (Å²) in [6, 6.07) is 7.67. The van der Waals surface area contributed by atoms with Gasteiger partial charge in [-0.3, -0.25) is 9.48 Å². The van der Waals surface area contributed by atoms with E-state index in [1.54, 1.807) is 24.0 Å². The van der Waals surface area contributed by atoms with Gasteiger partial charge in [0.05, 0.1) is 12.6 Å². The van der Waals surface area contributed by atoms with Gasteiger partial charge in [0.1, 0.15) is 5.82 Å². The van der Waals surface area contributed by atoms with Gasteiger partial charge >= 0.3 is 5.97 Å². The largest absolute Gasteiger partial charge is 0.461 e. The Labute approximate surface area is 170 Å². The van der Waals surface area contributed by atoms with Gasteiger partial charge in [-0.05, 0) is 44.0 Å². The highest BCUT2D eigenvalue weighted by Crippen LogP contribution is 2.31. The molecule has 29 heavy (non-hydrogen) atoms. The first-order valence-corrected chi connectivity index (χ1v) is 10.0. The van der Waals surface area contributed by atoms with E-state index in [-0.39, 0.29) is 17.4 Å². The zero-order valence-electron chi connectivity index (χ0n) is 17.4. The number of carbonyl (C=O) groups is 2. The molecular formula is C22H28FN3O3. The van der Waals surface area contributed by atoms with Crippen LogP contribution in [-0.2, 0) is 10.2 Å². The number of nitrogens with zero attached hydrogens (tertiary/aromatic N) is 3. The minimum Gasteiger partial charge on any atom is -0.461 e. The Balaban J connectivity index is 1.76. The van der Waals surface area contributed by atoms with Crippen molar-refractivity contribution in [2.24, 2.45) is 0 Å². The lowest BCUT2D eigenvalue weighted by atomic mass is 9.91. The lowest BCUT2D eigenvalue weighted by Crippen LogP contribution is -2.40. The van der Waals surface area contributed by atoms with Gasteiger partial charge in [-0.25, -0.2) is 9.18 Å². The molecule has 2 heterocycles. The highest BCUT2D eigenvalue weighted by Gasteiger charge is 2.31. The summed E-state index contributed by atoms with van der Waals surface area (Å²) in [7, 11) is 0. The molecule has 0 spiro atoms. The van der Waals surface area contributed by atoms with Gasteiger partial charge in [-0.2, -0.15) is 5.10 Å². The van der Waals surface area contributed by atoms with Crippen LogP contribution in [0.25, 0.3) is 0 Å². The molecule has 1 fully saturated rings. The molecule has 0 unspecified atom stereocenters. The summed E-state index contributed by atoms with van der Waals surface area (Å²) >= 11 is 0. The summed E-state index contributed by atoms with van der Waals surface area (Å²) in [5, 5.41) is 4.55. The maximum Gasteiger partial charge on any atom is 0.358 e. The van der Waals surface area contributed by atoms with Crippen molar-refractivity contribution < 1.29 is 18.7 Å². The summed E-state index contributed by atoms with van der Waals surface area (Å²) in [4.78, 5) is 26.6. The molecule has 1 aliphatic heterocycles. The van der Waals surface area contributed by atoms with Crippen molar-refractivity contribution in [2.75, 3.05) is 19.7 Å². The molecule has 2 aromatic rings. The van der Waals surface area contributed by atoms with Crippen LogP contribution in [0.3, 0.4) is 0 Å². The summed E-state index contributed by atoms with van der Waals surface area (Å²) in [6.45, 7) is 9.42. The minimum absolute atomic E-state index is 0.0870. The third-order valence-corrected chi connectivity index (χ3v) is 5.16. The van der Waals surface area contributed by atoms with Gasteiger partial charge in [-0.15, -0.1) is 0 Å². The fourth-order valence-electron chi connectivity index (χ4n) is 3.66. The molecular weight excluding hydrogens is 373 g/mol. The van der Waals surface area contributed by atoms with Gasteiger partial charge < -0.3 is 9.64 Å². The number of carbonyl (C=O) groups excluding carboxylic acids is 2. The van der Waals surface area contributed by atoms with E-state index in [0.717, 1.165) is 5.69 Å². The van der Waals surface area contributed by atoms with Crippen molar-refractivity contribution in [1.29, 1.82) is 0 Å². The maximum atomic E-state index is 13.4. The van der Waals surface area contributed by atoms with Crippen LogP contribution in [0.5, 0.6) is 0 Å².